The van der Waals surface area contributed by atoms with Gasteiger partial charge in [0.1, 0.15) is 0 Å². The number of hydrogen-bond donors (Lipinski definition) is 0. The highest BCUT2D eigenvalue weighted by atomic mass is 35.5. The quantitative estimate of drug-likeness (QED) is 0.686. The SMILES string of the molecule is CC(C(Cl)Cc1ccc(C(F)(F)F)cc1)C1CC1. The van der Waals surface area contributed by atoms with Crippen molar-refractivity contribution in [3.63, 3.8) is 0 Å². The van der Waals surface area contributed by atoms with Gasteiger partial charge in [-0.3, -0.25) is 0 Å². The minimum atomic E-state index is -4.26. The number of benzene rings is 1. The van der Waals surface area contributed by atoms with Crippen molar-refractivity contribution >= 4 is 11.6 Å². The summed E-state index contributed by atoms with van der Waals surface area (Å²) in [6, 6.07) is 5.30. The van der Waals surface area contributed by atoms with E-state index < -0.39 is 11.7 Å². The topological polar surface area (TPSA) is 0 Å². The molecule has 0 spiro atoms. The summed E-state index contributed by atoms with van der Waals surface area (Å²) in [5.74, 6) is 1.15. The maximum atomic E-state index is 12.4. The van der Waals surface area contributed by atoms with E-state index in [4.69, 9.17) is 11.6 Å². The molecule has 0 saturated heterocycles. The largest absolute Gasteiger partial charge is 0.416 e. The van der Waals surface area contributed by atoms with Gasteiger partial charge in [0.2, 0.25) is 0 Å². The van der Waals surface area contributed by atoms with Crippen LogP contribution in [0.4, 0.5) is 13.2 Å². The van der Waals surface area contributed by atoms with Crippen LogP contribution in [0.25, 0.3) is 0 Å². The van der Waals surface area contributed by atoms with E-state index >= 15 is 0 Å². The molecule has 0 aliphatic heterocycles. The van der Waals surface area contributed by atoms with E-state index in [9.17, 15) is 13.2 Å². The molecule has 0 N–H and O–H groups in total. The second-order valence-electron chi connectivity index (χ2n) is 5.11. The van der Waals surface area contributed by atoms with Gasteiger partial charge in [-0.1, -0.05) is 19.1 Å². The second kappa shape index (κ2) is 5.12. The first-order valence-electron chi connectivity index (χ1n) is 6.18. The average Bonchev–Trinajstić information content (AvgIpc) is 3.11. The van der Waals surface area contributed by atoms with Crippen molar-refractivity contribution in [3.8, 4) is 0 Å². The van der Waals surface area contributed by atoms with Crippen LogP contribution in [0.1, 0.15) is 30.9 Å². The Morgan fingerprint density at radius 3 is 2.22 bits per heavy atom. The molecule has 4 heteroatoms. The molecule has 1 aromatic rings. The van der Waals surface area contributed by atoms with Crippen molar-refractivity contribution in [2.24, 2.45) is 11.8 Å². The molecule has 2 rings (SSSR count). The molecule has 0 heterocycles. The summed E-state index contributed by atoms with van der Waals surface area (Å²) in [4.78, 5) is 0. The van der Waals surface area contributed by atoms with Gasteiger partial charge in [-0.2, -0.15) is 13.2 Å². The molecular formula is C14H16ClF3. The first-order valence-corrected chi connectivity index (χ1v) is 6.62. The lowest BCUT2D eigenvalue weighted by Gasteiger charge is -2.17. The lowest BCUT2D eigenvalue weighted by Crippen LogP contribution is -2.16. The highest BCUT2D eigenvalue weighted by Crippen LogP contribution is 2.40. The first-order chi connectivity index (χ1) is 8.38. The smallest absolute Gasteiger partial charge is 0.166 e. The second-order valence-corrected chi connectivity index (χ2v) is 5.67. The Balaban J connectivity index is 1.97. The fourth-order valence-corrected chi connectivity index (χ4v) is 2.54. The monoisotopic (exact) mass is 276 g/mol. The van der Waals surface area contributed by atoms with Gasteiger partial charge >= 0.3 is 6.18 Å². The van der Waals surface area contributed by atoms with E-state index in [2.05, 4.69) is 6.92 Å². The summed E-state index contributed by atoms with van der Waals surface area (Å²) in [5, 5.41) is 0.00855. The van der Waals surface area contributed by atoms with Crippen molar-refractivity contribution in [3.05, 3.63) is 35.4 Å². The molecule has 100 valence electrons. The van der Waals surface area contributed by atoms with Crippen LogP contribution in [-0.2, 0) is 12.6 Å². The molecule has 0 amide bonds. The van der Waals surface area contributed by atoms with Crippen LogP contribution in [0.5, 0.6) is 0 Å². The van der Waals surface area contributed by atoms with Gasteiger partial charge < -0.3 is 0 Å². The maximum Gasteiger partial charge on any atom is 0.416 e. The van der Waals surface area contributed by atoms with E-state index in [1.54, 1.807) is 0 Å². The van der Waals surface area contributed by atoms with E-state index in [0.29, 0.717) is 18.3 Å². The predicted molar refractivity (Wildman–Crippen MR) is 66.7 cm³/mol. The van der Waals surface area contributed by atoms with Gasteiger partial charge in [0.05, 0.1) is 5.56 Å². The Bertz CT molecular complexity index is 392. The predicted octanol–water partition coefficient (Wildman–Crippen LogP) is 4.90. The van der Waals surface area contributed by atoms with E-state index in [1.807, 2.05) is 0 Å². The Kier molecular flexibility index (Phi) is 3.90. The summed E-state index contributed by atoms with van der Waals surface area (Å²) in [5.41, 5.74) is 0.267. The van der Waals surface area contributed by atoms with Gasteiger partial charge in [-0.05, 0) is 48.8 Å². The molecule has 2 unspecified atom stereocenters. The summed E-state index contributed by atoms with van der Waals surface area (Å²) in [6.45, 7) is 2.12. The summed E-state index contributed by atoms with van der Waals surface area (Å²) in [6.07, 6.45) is -1.16. The highest BCUT2D eigenvalue weighted by Gasteiger charge is 2.33. The molecule has 0 nitrogen and oxygen atoms in total. The fraction of sp³-hybridized carbons (Fsp3) is 0.571. The third kappa shape index (κ3) is 3.41. The molecule has 0 aromatic heterocycles. The lowest BCUT2D eigenvalue weighted by molar-refractivity contribution is -0.137. The molecule has 1 aliphatic carbocycles. The standard InChI is InChI=1S/C14H16ClF3/c1-9(11-4-5-11)13(15)8-10-2-6-12(7-3-10)14(16,17)18/h2-3,6-7,9,11,13H,4-5,8H2,1H3. The number of hydrogen-bond acceptors (Lipinski definition) is 0. The molecule has 2 atom stereocenters. The zero-order valence-electron chi connectivity index (χ0n) is 10.2. The zero-order chi connectivity index (χ0) is 13.3. The van der Waals surface area contributed by atoms with Crippen LogP contribution in [0.15, 0.2) is 24.3 Å². The van der Waals surface area contributed by atoms with Crippen LogP contribution >= 0.6 is 11.6 Å². The Hall–Kier alpha value is -0.700. The van der Waals surface area contributed by atoms with Crippen molar-refractivity contribution in [2.75, 3.05) is 0 Å². The first kappa shape index (κ1) is 13.7. The van der Waals surface area contributed by atoms with Gasteiger partial charge in [0.25, 0.3) is 0 Å². The van der Waals surface area contributed by atoms with Crippen LogP contribution in [0.2, 0.25) is 0 Å². The summed E-state index contributed by atoms with van der Waals surface area (Å²) in [7, 11) is 0. The van der Waals surface area contributed by atoms with Gasteiger partial charge in [0, 0.05) is 5.38 Å². The van der Waals surface area contributed by atoms with Crippen LogP contribution in [0.3, 0.4) is 0 Å². The van der Waals surface area contributed by atoms with Crippen molar-refractivity contribution in [1.82, 2.24) is 0 Å². The highest BCUT2D eigenvalue weighted by molar-refractivity contribution is 6.20. The third-order valence-corrected chi connectivity index (χ3v) is 4.20. The van der Waals surface area contributed by atoms with Gasteiger partial charge in [-0.25, -0.2) is 0 Å². The van der Waals surface area contributed by atoms with E-state index in [1.165, 1.54) is 25.0 Å². The minimum absolute atomic E-state index is 0.00855. The zero-order valence-corrected chi connectivity index (χ0v) is 10.9. The summed E-state index contributed by atoms with van der Waals surface area (Å²) >= 11 is 6.31. The number of rotatable bonds is 4. The molecular weight excluding hydrogens is 261 g/mol. The molecule has 0 radical (unpaired) electrons. The summed E-state index contributed by atoms with van der Waals surface area (Å²) < 4.78 is 37.2. The van der Waals surface area contributed by atoms with Crippen molar-refractivity contribution in [2.45, 2.75) is 37.7 Å². The third-order valence-electron chi connectivity index (χ3n) is 3.65. The number of halogens is 4. The molecule has 1 aromatic carbocycles. The number of alkyl halides is 4. The Morgan fingerprint density at radius 1 is 1.22 bits per heavy atom. The minimum Gasteiger partial charge on any atom is -0.166 e. The molecule has 1 saturated carbocycles. The van der Waals surface area contributed by atoms with Crippen LogP contribution in [-0.4, -0.2) is 5.38 Å². The van der Waals surface area contributed by atoms with Crippen molar-refractivity contribution in [1.29, 1.82) is 0 Å². The molecule has 18 heavy (non-hydrogen) atoms. The average molecular weight is 277 g/mol. The van der Waals surface area contributed by atoms with Gasteiger partial charge in [-0.15, -0.1) is 11.6 Å². The van der Waals surface area contributed by atoms with Crippen LogP contribution in [0, 0.1) is 11.8 Å². The molecule has 1 fully saturated rings. The van der Waals surface area contributed by atoms with E-state index in [-0.39, 0.29) is 5.38 Å². The normalized spacial score (nSPS) is 19.6. The Morgan fingerprint density at radius 2 is 1.78 bits per heavy atom. The fourth-order valence-electron chi connectivity index (χ4n) is 2.16. The lowest BCUT2D eigenvalue weighted by atomic mass is 9.96. The van der Waals surface area contributed by atoms with Crippen LogP contribution < -0.4 is 0 Å². The van der Waals surface area contributed by atoms with Gasteiger partial charge in [0.15, 0.2) is 0 Å². The Labute approximate surface area is 110 Å². The molecule has 0 bridgehead atoms. The molecule has 1 aliphatic rings. The van der Waals surface area contributed by atoms with E-state index in [0.717, 1.165) is 17.7 Å². The maximum absolute atomic E-state index is 12.4. The van der Waals surface area contributed by atoms with Crippen molar-refractivity contribution < 1.29 is 13.2 Å².